The van der Waals surface area contributed by atoms with Crippen LogP contribution in [0.2, 0.25) is 0 Å². The summed E-state index contributed by atoms with van der Waals surface area (Å²) < 4.78 is 5.84. The van der Waals surface area contributed by atoms with Gasteiger partial charge in [-0.2, -0.15) is 5.10 Å². The van der Waals surface area contributed by atoms with Crippen molar-refractivity contribution >= 4 is 5.71 Å². The van der Waals surface area contributed by atoms with Crippen molar-refractivity contribution in [1.82, 2.24) is 10.3 Å². The smallest absolute Gasteiger partial charge is 0.0717 e. The first-order valence-corrected chi connectivity index (χ1v) is 7.54. The van der Waals surface area contributed by atoms with Gasteiger partial charge in [0.15, 0.2) is 0 Å². The Morgan fingerprint density at radius 3 is 2.52 bits per heavy atom. The van der Waals surface area contributed by atoms with E-state index in [1.165, 1.54) is 5.56 Å². The van der Waals surface area contributed by atoms with Crippen molar-refractivity contribution in [2.45, 2.75) is 33.4 Å². The summed E-state index contributed by atoms with van der Waals surface area (Å²) in [7, 11) is 4.00. The Bertz CT molecular complexity index is 415. The molecule has 0 bridgehead atoms. The third kappa shape index (κ3) is 7.25. The number of hydrogen-bond acceptors (Lipinski definition) is 4. The van der Waals surface area contributed by atoms with E-state index in [1.807, 2.05) is 51.2 Å². The highest BCUT2D eigenvalue weighted by Crippen LogP contribution is 2.08. The second kappa shape index (κ2) is 9.53. The fourth-order valence-electron chi connectivity index (χ4n) is 2.34. The zero-order valence-electron chi connectivity index (χ0n) is 14.0. The minimum atomic E-state index is 0.323. The van der Waals surface area contributed by atoms with Gasteiger partial charge in [-0.1, -0.05) is 37.3 Å². The number of nitrogens with one attached hydrogen (secondary N) is 1. The normalized spacial score (nSPS) is 13.6. The van der Waals surface area contributed by atoms with Crippen LogP contribution in [0.3, 0.4) is 0 Å². The summed E-state index contributed by atoms with van der Waals surface area (Å²) in [6, 6.07) is 10.6. The fourth-order valence-corrected chi connectivity index (χ4v) is 2.34. The van der Waals surface area contributed by atoms with Gasteiger partial charge in [0.05, 0.1) is 13.2 Å². The molecule has 0 amide bonds. The van der Waals surface area contributed by atoms with Gasteiger partial charge in [-0.05, 0) is 32.4 Å². The highest BCUT2D eigenvalue weighted by Gasteiger charge is 2.17. The van der Waals surface area contributed by atoms with Crippen LogP contribution in [0, 0.1) is 5.92 Å². The Morgan fingerprint density at radius 1 is 1.29 bits per heavy atom. The minimum absolute atomic E-state index is 0.323. The van der Waals surface area contributed by atoms with E-state index >= 15 is 0 Å². The number of hydrogen-bond donors (Lipinski definition) is 1. The van der Waals surface area contributed by atoms with Gasteiger partial charge in [0.2, 0.25) is 0 Å². The van der Waals surface area contributed by atoms with Crippen LogP contribution in [0.5, 0.6) is 0 Å². The Hall–Kier alpha value is -1.39. The monoisotopic (exact) mass is 291 g/mol. The third-order valence-corrected chi connectivity index (χ3v) is 3.39. The van der Waals surface area contributed by atoms with Crippen molar-refractivity contribution in [1.29, 1.82) is 0 Å². The zero-order chi connectivity index (χ0) is 15.7. The first-order chi connectivity index (χ1) is 10.0. The molecule has 0 aliphatic rings. The molecule has 1 N–H and O–H groups in total. The van der Waals surface area contributed by atoms with Crippen molar-refractivity contribution in [3.05, 3.63) is 35.9 Å². The van der Waals surface area contributed by atoms with E-state index in [9.17, 15) is 0 Å². The van der Waals surface area contributed by atoms with Crippen LogP contribution in [-0.2, 0) is 11.3 Å². The lowest BCUT2D eigenvalue weighted by Gasteiger charge is -2.26. The van der Waals surface area contributed by atoms with Crippen molar-refractivity contribution in [3.63, 3.8) is 0 Å². The molecule has 0 saturated heterocycles. The molecule has 0 saturated carbocycles. The maximum Gasteiger partial charge on any atom is 0.0717 e. The summed E-state index contributed by atoms with van der Waals surface area (Å²) in [5, 5.41) is 9.79. The van der Waals surface area contributed by atoms with Crippen LogP contribution in [0.4, 0.5) is 0 Å². The molecule has 4 nitrogen and oxygen atoms in total. The lowest BCUT2D eigenvalue weighted by molar-refractivity contribution is 0.0803. The molecule has 0 aliphatic heterocycles. The summed E-state index contributed by atoms with van der Waals surface area (Å²) >= 11 is 0. The quantitative estimate of drug-likeness (QED) is 0.561. The Balaban J connectivity index is 2.38. The molecule has 2 unspecified atom stereocenters. The first kappa shape index (κ1) is 17.7. The summed E-state index contributed by atoms with van der Waals surface area (Å²) in [5.41, 5.74) is 2.29. The van der Waals surface area contributed by atoms with E-state index in [2.05, 4.69) is 29.5 Å². The maximum absolute atomic E-state index is 5.84. The van der Waals surface area contributed by atoms with Gasteiger partial charge in [-0.15, -0.1) is 0 Å². The van der Waals surface area contributed by atoms with E-state index < -0.39 is 0 Å². The van der Waals surface area contributed by atoms with Crippen LogP contribution < -0.4 is 5.32 Å². The summed E-state index contributed by atoms with van der Waals surface area (Å²) in [6.07, 6.45) is 0. The van der Waals surface area contributed by atoms with Gasteiger partial charge >= 0.3 is 0 Å². The maximum atomic E-state index is 5.84. The third-order valence-electron chi connectivity index (χ3n) is 3.39. The van der Waals surface area contributed by atoms with E-state index in [4.69, 9.17) is 4.74 Å². The van der Waals surface area contributed by atoms with Gasteiger partial charge in [-0.25, -0.2) is 0 Å². The van der Waals surface area contributed by atoms with Gasteiger partial charge in [-0.3, -0.25) is 5.01 Å². The highest BCUT2D eigenvalue weighted by molar-refractivity contribution is 5.78. The van der Waals surface area contributed by atoms with Crippen molar-refractivity contribution in [2.75, 3.05) is 27.2 Å². The molecule has 4 heteroatoms. The van der Waals surface area contributed by atoms with E-state index in [0.29, 0.717) is 25.2 Å². The standard InChI is InChI=1S/C17H29N3O/c1-14(2)19-20(5)11-15(3)17(18-4)13-21-12-16-9-7-6-8-10-16/h6-10,15,17-18H,11-13H2,1-5H3. The number of nitrogens with zero attached hydrogens (tertiary/aromatic N) is 2. The van der Waals surface area contributed by atoms with Crippen LogP contribution >= 0.6 is 0 Å². The number of rotatable bonds is 9. The van der Waals surface area contributed by atoms with Crippen molar-refractivity contribution in [3.8, 4) is 0 Å². The van der Waals surface area contributed by atoms with E-state index in [0.717, 1.165) is 12.3 Å². The van der Waals surface area contributed by atoms with Crippen LogP contribution in [0.25, 0.3) is 0 Å². The van der Waals surface area contributed by atoms with Gasteiger partial charge in [0, 0.05) is 25.3 Å². The van der Waals surface area contributed by atoms with Crippen molar-refractivity contribution < 1.29 is 4.74 Å². The molecule has 0 spiro atoms. The van der Waals surface area contributed by atoms with E-state index in [1.54, 1.807) is 0 Å². The van der Waals surface area contributed by atoms with Gasteiger partial charge < -0.3 is 10.1 Å². The topological polar surface area (TPSA) is 36.9 Å². The molecule has 0 fully saturated rings. The predicted molar refractivity (Wildman–Crippen MR) is 89.5 cm³/mol. The van der Waals surface area contributed by atoms with Crippen LogP contribution in [0.15, 0.2) is 35.4 Å². The molecular formula is C17H29N3O. The molecule has 0 aromatic heterocycles. The SMILES string of the molecule is CNC(COCc1ccccc1)C(C)CN(C)N=C(C)C. The Kier molecular flexibility index (Phi) is 8.01. The molecule has 1 aromatic rings. The van der Waals surface area contributed by atoms with Crippen LogP contribution in [0.1, 0.15) is 26.3 Å². The summed E-state index contributed by atoms with van der Waals surface area (Å²) in [5.74, 6) is 0.457. The van der Waals surface area contributed by atoms with Gasteiger partial charge in [0.1, 0.15) is 0 Å². The predicted octanol–water partition coefficient (Wildman–Crippen LogP) is 2.75. The number of likely N-dealkylation sites (N-methyl/N-ethyl adjacent to an activating group) is 1. The molecular weight excluding hydrogens is 262 g/mol. The molecule has 0 heterocycles. The zero-order valence-corrected chi connectivity index (χ0v) is 14.0. The summed E-state index contributed by atoms with van der Waals surface area (Å²) in [4.78, 5) is 0. The molecule has 2 atom stereocenters. The number of ether oxygens (including phenoxy) is 1. The van der Waals surface area contributed by atoms with Gasteiger partial charge in [0.25, 0.3) is 0 Å². The molecule has 0 radical (unpaired) electrons. The fraction of sp³-hybridized carbons (Fsp3) is 0.588. The lowest BCUT2D eigenvalue weighted by atomic mass is 10.0. The molecule has 0 aliphatic carbocycles. The molecule has 118 valence electrons. The average molecular weight is 291 g/mol. The molecule has 21 heavy (non-hydrogen) atoms. The van der Waals surface area contributed by atoms with E-state index in [-0.39, 0.29) is 0 Å². The highest BCUT2D eigenvalue weighted by atomic mass is 16.5. The molecule has 1 rings (SSSR count). The first-order valence-electron chi connectivity index (χ1n) is 7.54. The minimum Gasteiger partial charge on any atom is -0.375 e. The Labute approximate surface area is 129 Å². The largest absolute Gasteiger partial charge is 0.375 e. The number of benzene rings is 1. The van der Waals surface area contributed by atoms with Crippen LogP contribution in [-0.4, -0.2) is 44.0 Å². The Morgan fingerprint density at radius 2 is 1.95 bits per heavy atom. The average Bonchev–Trinajstić information content (AvgIpc) is 2.43. The number of hydrazone groups is 1. The molecule has 1 aromatic carbocycles. The second-order valence-corrected chi connectivity index (χ2v) is 5.76. The lowest BCUT2D eigenvalue weighted by Crippen LogP contribution is -2.40. The van der Waals surface area contributed by atoms with Crippen molar-refractivity contribution in [2.24, 2.45) is 11.0 Å². The summed E-state index contributed by atoms with van der Waals surface area (Å²) in [6.45, 7) is 8.53. The second-order valence-electron chi connectivity index (χ2n) is 5.76.